The smallest absolute Gasteiger partial charge is 0.354 e. The number of rotatable bonds is 6. The maximum atomic E-state index is 12.8. The number of nitrogens with zero attached hydrogens (tertiary/aromatic N) is 6. The van der Waals surface area contributed by atoms with E-state index in [-0.39, 0.29) is 0 Å². The Labute approximate surface area is 175 Å². The zero-order chi connectivity index (χ0) is 21.0. The molecule has 2 aromatic heterocycles. The summed E-state index contributed by atoms with van der Waals surface area (Å²) in [4.78, 5) is 15.7. The zero-order valence-corrected chi connectivity index (χ0v) is 17.1. The lowest BCUT2D eigenvalue weighted by molar-refractivity contribution is -0.141. The van der Waals surface area contributed by atoms with Gasteiger partial charge in [0.2, 0.25) is 0 Å². The largest absolute Gasteiger partial charge is 0.406 e. The van der Waals surface area contributed by atoms with E-state index >= 15 is 0 Å². The number of halogens is 3. The Morgan fingerprint density at radius 1 is 0.967 bits per heavy atom. The van der Waals surface area contributed by atoms with E-state index in [4.69, 9.17) is 0 Å². The molecule has 0 bridgehead atoms. The molecule has 9 heteroatoms. The number of hydrogen-bond acceptors (Lipinski definition) is 5. The molecule has 0 aliphatic carbocycles. The van der Waals surface area contributed by atoms with Crippen molar-refractivity contribution in [1.82, 2.24) is 24.3 Å². The minimum Gasteiger partial charge on any atom is -0.354 e. The van der Waals surface area contributed by atoms with E-state index in [2.05, 4.69) is 30.7 Å². The fraction of sp³-hybridized carbons (Fsp3) is 0.619. The highest BCUT2D eigenvalue weighted by Gasteiger charge is 2.30. The molecule has 1 unspecified atom stereocenters. The standard InChI is InChI=1S/C21H29F3N6/c22-21(23,24)17-30-9-7-26-20(30)16-28-8-3-4-18(15-28)14-27-10-12-29(13-11-27)19-5-1-2-6-25-19/h1-2,5-7,9,18H,3-4,8,10-17H2. The van der Waals surface area contributed by atoms with Crippen molar-refractivity contribution in [1.29, 1.82) is 0 Å². The maximum Gasteiger partial charge on any atom is 0.406 e. The number of anilines is 1. The van der Waals surface area contributed by atoms with Crippen molar-refractivity contribution >= 4 is 5.82 Å². The van der Waals surface area contributed by atoms with E-state index in [0.29, 0.717) is 18.3 Å². The van der Waals surface area contributed by atoms with Gasteiger partial charge in [0.1, 0.15) is 18.2 Å². The molecule has 1 atom stereocenters. The molecule has 2 saturated heterocycles. The van der Waals surface area contributed by atoms with Gasteiger partial charge in [0, 0.05) is 57.9 Å². The Morgan fingerprint density at radius 2 is 1.80 bits per heavy atom. The van der Waals surface area contributed by atoms with Crippen LogP contribution in [0.15, 0.2) is 36.8 Å². The van der Waals surface area contributed by atoms with Crippen LogP contribution >= 0.6 is 0 Å². The van der Waals surface area contributed by atoms with E-state index in [0.717, 1.165) is 58.1 Å². The number of aromatic nitrogens is 3. The molecule has 4 rings (SSSR count). The number of pyridine rings is 1. The molecule has 0 saturated carbocycles. The molecule has 2 aliphatic rings. The summed E-state index contributed by atoms with van der Waals surface area (Å²) in [7, 11) is 0. The van der Waals surface area contributed by atoms with Crippen LogP contribution in [0, 0.1) is 5.92 Å². The molecule has 0 radical (unpaired) electrons. The highest BCUT2D eigenvalue weighted by Crippen LogP contribution is 2.22. The van der Waals surface area contributed by atoms with Crippen molar-refractivity contribution in [3.63, 3.8) is 0 Å². The molecule has 2 aromatic rings. The number of imidazole rings is 1. The summed E-state index contributed by atoms with van der Waals surface area (Å²) >= 11 is 0. The predicted molar refractivity (Wildman–Crippen MR) is 109 cm³/mol. The topological polar surface area (TPSA) is 40.4 Å². The fourth-order valence-electron chi connectivity index (χ4n) is 4.54. The molecule has 0 amide bonds. The van der Waals surface area contributed by atoms with Crippen molar-refractivity contribution in [2.75, 3.05) is 50.7 Å². The number of likely N-dealkylation sites (tertiary alicyclic amines) is 1. The molecule has 30 heavy (non-hydrogen) atoms. The second kappa shape index (κ2) is 9.34. The summed E-state index contributed by atoms with van der Waals surface area (Å²) in [5, 5.41) is 0. The summed E-state index contributed by atoms with van der Waals surface area (Å²) in [5.74, 6) is 2.08. The maximum absolute atomic E-state index is 12.8. The first-order chi connectivity index (χ1) is 14.5. The molecule has 6 nitrogen and oxygen atoms in total. The van der Waals surface area contributed by atoms with Gasteiger partial charge in [-0.15, -0.1) is 0 Å². The normalized spacial score (nSPS) is 21.8. The molecular weight excluding hydrogens is 393 g/mol. The average molecular weight is 422 g/mol. The van der Waals surface area contributed by atoms with Gasteiger partial charge in [-0.3, -0.25) is 9.80 Å². The van der Waals surface area contributed by atoms with Crippen molar-refractivity contribution in [3.8, 4) is 0 Å². The third kappa shape index (κ3) is 5.72. The zero-order valence-electron chi connectivity index (χ0n) is 17.1. The van der Waals surface area contributed by atoms with Crippen LogP contribution in [-0.4, -0.2) is 76.3 Å². The van der Waals surface area contributed by atoms with Crippen LogP contribution in [0.2, 0.25) is 0 Å². The van der Waals surface area contributed by atoms with Crippen LogP contribution in [0.25, 0.3) is 0 Å². The molecule has 2 aliphatic heterocycles. The van der Waals surface area contributed by atoms with Gasteiger partial charge in [0.05, 0.1) is 6.54 Å². The second-order valence-corrected chi connectivity index (χ2v) is 8.31. The van der Waals surface area contributed by atoms with E-state index in [9.17, 15) is 13.2 Å². The van der Waals surface area contributed by atoms with Crippen molar-refractivity contribution in [2.45, 2.75) is 32.1 Å². The first kappa shape index (κ1) is 21.1. The quantitative estimate of drug-likeness (QED) is 0.716. The predicted octanol–water partition coefficient (Wildman–Crippen LogP) is 2.87. The molecule has 4 heterocycles. The monoisotopic (exact) mass is 422 g/mol. The lowest BCUT2D eigenvalue weighted by atomic mass is 9.97. The first-order valence-corrected chi connectivity index (χ1v) is 10.6. The molecule has 164 valence electrons. The van der Waals surface area contributed by atoms with Gasteiger partial charge in [-0.1, -0.05) is 6.07 Å². The van der Waals surface area contributed by atoms with Gasteiger partial charge in [0.25, 0.3) is 0 Å². The van der Waals surface area contributed by atoms with Crippen LogP contribution in [0.1, 0.15) is 18.7 Å². The fourth-order valence-corrected chi connectivity index (χ4v) is 4.54. The van der Waals surface area contributed by atoms with Gasteiger partial charge in [-0.2, -0.15) is 13.2 Å². The summed E-state index contributed by atoms with van der Waals surface area (Å²) in [5.41, 5.74) is 0. The molecule has 0 N–H and O–H groups in total. The third-order valence-electron chi connectivity index (χ3n) is 5.98. The minimum absolute atomic E-state index is 0.479. The number of alkyl halides is 3. The van der Waals surface area contributed by atoms with Crippen molar-refractivity contribution < 1.29 is 13.2 Å². The van der Waals surface area contributed by atoms with Gasteiger partial charge in [-0.25, -0.2) is 9.97 Å². The van der Waals surface area contributed by atoms with Crippen molar-refractivity contribution in [2.24, 2.45) is 5.92 Å². The summed E-state index contributed by atoms with van der Waals surface area (Å²) in [6, 6.07) is 6.01. The van der Waals surface area contributed by atoms with Gasteiger partial charge < -0.3 is 9.47 Å². The third-order valence-corrected chi connectivity index (χ3v) is 5.98. The Morgan fingerprint density at radius 3 is 2.53 bits per heavy atom. The summed E-state index contributed by atoms with van der Waals surface area (Å²) < 4.78 is 39.5. The Balaban J connectivity index is 1.26. The minimum atomic E-state index is -4.22. The molecular formula is C21H29F3N6. The molecule has 2 fully saturated rings. The average Bonchev–Trinajstić information content (AvgIpc) is 3.14. The Kier molecular flexibility index (Phi) is 6.58. The highest BCUT2D eigenvalue weighted by molar-refractivity contribution is 5.38. The van der Waals surface area contributed by atoms with Crippen LogP contribution in [0.5, 0.6) is 0 Å². The van der Waals surface area contributed by atoms with Crippen molar-refractivity contribution in [3.05, 3.63) is 42.6 Å². The van der Waals surface area contributed by atoms with Crippen LogP contribution in [-0.2, 0) is 13.1 Å². The van der Waals surface area contributed by atoms with E-state index in [1.54, 1.807) is 0 Å². The van der Waals surface area contributed by atoms with Crippen LogP contribution in [0.3, 0.4) is 0 Å². The highest BCUT2D eigenvalue weighted by atomic mass is 19.4. The number of piperidine rings is 1. The van der Waals surface area contributed by atoms with E-state index < -0.39 is 12.7 Å². The van der Waals surface area contributed by atoms with Gasteiger partial charge in [0.15, 0.2) is 0 Å². The molecule has 0 spiro atoms. The van der Waals surface area contributed by atoms with Crippen LogP contribution in [0.4, 0.5) is 19.0 Å². The lowest BCUT2D eigenvalue weighted by Crippen LogP contribution is -2.49. The molecule has 0 aromatic carbocycles. The van der Waals surface area contributed by atoms with E-state index in [1.165, 1.54) is 23.4 Å². The second-order valence-electron chi connectivity index (χ2n) is 8.31. The first-order valence-electron chi connectivity index (χ1n) is 10.6. The van der Waals surface area contributed by atoms with Gasteiger partial charge >= 0.3 is 6.18 Å². The summed E-state index contributed by atoms with van der Waals surface area (Å²) in [6.45, 7) is 6.37. The van der Waals surface area contributed by atoms with Crippen LogP contribution < -0.4 is 4.90 Å². The number of hydrogen-bond donors (Lipinski definition) is 0. The summed E-state index contributed by atoms with van der Waals surface area (Å²) in [6.07, 6.45) is 2.75. The SMILES string of the molecule is FC(F)(F)Cn1ccnc1CN1CCCC(CN2CCN(c3ccccn3)CC2)C1. The lowest BCUT2D eigenvalue weighted by Gasteiger charge is -2.39. The van der Waals surface area contributed by atoms with E-state index in [1.807, 2.05) is 18.3 Å². The van der Waals surface area contributed by atoms with Gasteiger partial charge in [-0.05, 0) is 37.4 Å². The Hall–Kier alpha value is -2.13. The Bertz CT molecular complexity index is 786. The number of piperazine rings is 1.